The van der Waals surface area contributed by atoms with E-state index >= 15 is 0 Å². The number of nitrogens with two attached hydrogens (primary N) is 1. The maximum Gasteiger partial charge on any atom is 0.0781 e. The van der Waals surface area contributed by atoms with E-state index in [1.54, 1.807) is 0 Å². The van der Waals surface area contributed by atoms with Gasteiger partial charge in [-0.2, -0.15) is 0 Å². The Kier molecular flexibility index (Phi) is 8.33. The molecule has 2 atom stereocenters. The minimum Gasteiger partial charge on any atom is -0.396 e. The van der Waals surface area contributed by atoms with Crippen LogP contribution in [0.25, 0.3) is 0 Å². The van der Waals surface area contributed by atoms with Crippen LogP contribution in [0.2, 0.25) is 0 Å². The molecule has 0 saturated heterocycles. The predicted molar refractivity (Wildman–Crippen MR) is 51.6 cm³/mol. The third-order valence-corrected chi connectivity index (χ3v) is 1.44. The van der Waals surface area contributed by atoms with Crippen molar-refractivity contribution in [2.45, 2.75) is 32.4 Å². The number of hydrogen-bond acceptors (Lipinski definition) is 4. The minimum absolute atomic E-state index is 0.0693. The third-order valence-electron chi connectivity index (χ3n) is 1.44. The van der Waals surface area contributed by atoms with Crippen LogP contribution in [0.3, 0.4) is 0 Å². The molecule has 0 aromatic carbocycles. The Morgan fingerprint density at radius 2 is 2.00 bits per heavy atom. The van der Waals surface area contributed by atoms with Crippen molar-refractivity contribution in [1.82, 2.24) is 0 Å². The van der Waals surface area contributed by atoms with Crippen LogP contribution in [-0.2, 0) is 9.47 Å². The van der Waals surface area contributed by atoms with Crippen molar-refractivity contribution in [1.29, 1.82) is 0 Å². The van der Waals surface area contributed by atoms with Crippen molar-refractivity contribution in [3.8, 4) is 0 Å². The second kappa shape index (κ2) is 8.44. The SMILES string of the molecule is CC(N)COC(C)COCCCO. The molecule has 0 bridgehead atoms. The highest BCUT2D eigenvalue weighted by molar-refractivity contribution is 4.53. The van der Waals surface area contributed by atoms with E-state index in [-0.39, 0.29) is 18.8 Å². The van der Waals surface area contributed by atoms with Crippen molar-refractivity contribution in [3.63, 3.8) is 0 Å². The van der Waals surface area contributed by atoms with Gasteiger partial charge < -0.3 is 20.3 Å². The van der Waals surface area contributed by atoms with Gasteiger partial charge in [0.1, 0.15) is 0 Å². The fourth-order valence-corrected chi connectivity index (χ4v) is 0.780. The molecule has 2 unspecified atom stereocenters. The van der Waals surface area contributed by atoms with Gasteiger partial charge in [0.25, 0.3) is 0 Å². The van der Waals surface area contributed by atoms with E-state index < -0.39 is 0 Å². The van der Waals surface area contributed by atoms with Gasteiger partial charge in [-0.05, 0) is 20.3 Å². The van der Waals surface area contributed by atoms with Gasteiger partial charge in [-0.1, -0.05) is 0 Å². The lowest BCUT2D eigenvalue weighted by atomic mass is 10.4. The molecule has 0 saturated carbocycles. The van der Waals surface area contributed by atoms with Crippen LogP contribution in [0.1, 0.15) is 20.3 Å². The molecular formula is C9H21NO3. The molecule has 0 aromatic rings. The first-order valence-electron chi connectivity index (χ1n) is 4.72. The summed E-state index contributed by atoms with van der Waals surface area (Å²) in [5, 5.41) is 8.48. The Morgan fingerprint density at radius 1 is 1.31 bits per heavy atom. The van der Waals surface area contributed by atoms with Gasteiger partial charge in [0.05, 0.1) is 19.3 Å². The summed E-state index contributed by atoms with van der Waals surface area (Å²) < 4.78 is 10.6. The molecule has 4 heteroatoms. The normalized spacial score (nSPS) is 15.7. The highest BCUT2D eigenvalue weighted by atomic mass is 16.5. The average Bonchev–Trinajstić information content (AvgIpc) is 2.09. The number of aliphatic hydroxyl groups excluding tert-OH is 1. The molecule has 0 aliphatic heterocycles. The molecule has 0 amide bonds. The smallest absolute Gasteiger partial charge is 0.0781 e. The standard InChI is InChI=1S/C9H21NO3/c1-8(10)6-13-9(2)7-12-5-3-4-11/h8-9,11H,3-7,10H2,1-2H3. The van der Waals surface area contributed by atoms with Gasteiger partial charge in [-0.3, -0.25) is 0 Å². The molecule has 0 radical (unpaired) electrons. The number of ether oxygens (including phenoxy) is 2. The van der Waals surface area contributed by atoms with Crippen LogP contribution in [-0.4, -0.2) is 43.7 Å². The van der Waals surface area contributed by atoms with Crippen LogP contribution in [0, 0.1) is 0 Å². The lowest BCUT2D eigenvalue weighted by molar-refractivity contribution is -0.0124. The average molecular weight is 191 g/mol. The molecule has 0 aliphatic carbocycles. The van der Waals surface area contributed by atoms with Gasteiger partial charge in [0, 0.05) is 19.3 Å². The van der Waals surface area contributed by atoms with Gasteiger partial charge in [-0.25, -0.2) is 0 Å². The summed E-state index contributed by atoms with van der Waals surface area (Å²) >= 11 is 0. The molecule has 0 fully saturated rings. The van der Waals surface area contributed by atoms with Crippen LogP contribution in [0.15, 0.2) is 0 Å². The maximum absolute atomic E-state index is 8.48. The van der Waals surface area contributed by atoms with E-state index in [9.17, 15) is 0 Å². The van der Waals surface area contributed by atoms with Gasteiger partial charge >= 0.3 is 0 Å². The summed E-state index contributed by atoms with van der Waals surface area (Å²) in [5.41, 5.74) is 5.52. The van der Waals surface area contributed by atoms with Gasteiger partial charge in [-0.15, -0.1) is 0 Å². The van der Waals surface area contributed by atoms with Crippen molar-refractivity contribution in [3.05, 3.63) is 0 Å². The molecule has 4 nitrogen and oxygen atoms in total. The van der Waals surface area contributed by atoms with Crippen molar-refractivity contribution in [2.24, 2.45) is 5.73 Å². The van der Waals surface area contributed by atoms with E-state index in [1.165, 1.54) is 0 Å². The molecular weight excluding hydrogens is 170 g/mol. The molecule has 0 spiro atoms. The Labute approximate surface area is 80.0 Å². The molecule has 80 valence electrons. The molecule has 3 N–H and O–H groups in total. The second-order valence-electron chi connectivity index (χ2n) is 3.27. The van der Waals surface area contributed by atoms with Gasteiger partial charge in [0.15, 0.2) is 0 Å². The van der Waals surface area contributed by atoms with Crippen LogP contribution in [0.4, 0.5) is 0 Å². The molecule has 0 aromatic heterocycles. The zero-order valence-electron chi connectivity index (χ0n) is 8.53. The molecule has 0 heterocycles. The Morgan fingerprint density at radius 3 is 2.54 bits per heavy atom. The largest absolute Gasteiger partial charge is 0.396 e. The van der Waals surface area contributed by atoms with Gasteiger partial charge in [0.2, 0.25) is 0 Å². The van der Waals surface area contributed by atoms with Crippen LogP contribution in [0.5, 0.6) is 0 Å². The molecule has 0 rings (SSSR count). The predicted octanol–water partition coefficient (Wildman–Crippen LogP) is 0.138. The summed E-state index contributed by atoms with van der Waals surface area (Å²) in [6.45, 7) is 5.73. The number of hydrogen-bond donors (Lipinski definition) is 2. The van der Waals surface area contributed by atoms with Crippen molar-refractivity contribution in [2.75, 3.05) is 26.4 Å². The first-order chi connectivity index (χ1) is 6.16. The quantitative estimate of drug-likeness (QED) is 0.536. The minimum atomic E-state index is 0.0693. The summed E-state index contributed by atoms with van der Waals surface area (Å²) in [5.74, 6) is 0. The number of aliphatic hydroxyl groups is 1. The van der Waals surface area contributed by atoms with Crippen LogP contribution < -0.4 is 5.73 Å². The maximum atomic E-state index is 8.48. The van der Waals surface area contributed by atoms with Crippen LogP contribution >= 0.6 is 0 Å². The van der Waals surface area contributed by atoms with E-state index in [0.29, 0.717) is 26.2 Å². The third kappa shape index (κ3) is 9.76. The Balaban J connectivity index is 3.15. The van der Waals surface area contributed by atoms with E-state index in [0.717, 1.165) is 0 Å². The number of rotatable bonds is 8. The highest BCUT2D eigenvalue weighted by Crippen LogP contribution is 1.93. The highest BCUT2D eigenvalue weighted by Gasteiger charge is 2.03. The Bertz CT molecular complexity index is 109. The first-order valence-corrected chi connectivity index (χ1v) is 4.72. The summed E-state index contributed by atoms with van der Waals surface area (Å²) in [6, 6.07) is 0.0693. The first kappa shape index (κ1) is 12.8. The fraction of sp³-hybridized carbons (Fsp3) is 1.00. The summed E-state index contributed by atoms with van der Waals surface area (Å²) in [7, 11) is 0. The fourth-order valence-electron chi connectivity index (χ4n) is 0.780. The molecule has 13 heavy (non-hydrogen) atoms. The second-order valence-corrected chi connectivity index (χ2v) is 3.27. The summed E-state index contributed by atoms with van der Waals surface area (Å²) in [4.78, 5) is 0. The zero-order valence-corrected chi connectivity index (χ0v) is 8.53. The monoisotopic (exact) mass is 191 g/mol. The topological polar surface area (TPSA) is 64.7 Å². The van der Waals surface area contributed by atoms with Crippen molar-refractivity contribution < 1.29 is 14.6 Å². The lowest BCUT2D eigenvalue weighted by Gasteiger charge is -2.14. The van der Waals surface area contributed by atoms with E-state index in [4.69, 9.17) is 20.3 Å². The Hall–Kier alpha value is -0.160. The summed E-state index contributed by atoms with van der Waals surface area (Å²) in [6.07, 6.45) is 0.754. The van der Waals surface area contributed by atoms with E-state index in [1.807, 2.05) is 13.8 Å². The zero-order chi connectivity index (χ0) is 10.1. The van der Waals surface area contributed by atoms with Crippen molar-refractivity contribution >= 4 is 0 Å². The lowest BCUT2D eigenvalue weighted by Crippen LogP contribution is -2.27. The van der Waals surface area contributed by atoms with E-state index in [2.05, 4.69) is 0 Å². The molecule has 0 aliphatic rings.